The fourth-order valence-corrected chi connectivity index (χ4v) is 7.78. The van der Waals surface area contributed by atoms with Crippen LogP contribution in [0.25, 0.3) is 0 Å². The Labute approximate surface area is 183 Å². The molecule has 2 atom stereocenters. The van der Waals surface area contributed by atoms with Gasteiger partial charge in [0.05, 0.1) is 0 Å². The van der Waals surface area contributed by atoms with Crippen molar-refractivity contribution in [2.24, 2.45) is 11.8 Å². The number of carbonyl (C=O) groups is 2. The summed E-state index contributed by atoms with van der Waals surface area (Å²) < 4.78 is 27.6. The lowest BCUT2D eigenvalue weighted by atomic mass is 9.92. The van der Waals surface area contributed by atoms with Gasteiger partial charge in [-0.1, -0.05) is 13.0 Å². The minimum atomic E-state index is -3.63. The van der Waals surface area contributed by atoms with Gasteiger partial charge in [-0.3, -0.25) is 9.59 Å². The Morgan fingerprint density at radius 1 is 0.967 bits per heavy atom. The van der Waals surface area contributed by atoms with E-state index >= 15 is 0 Å². The number of amides is 2. The van der Waals surface area contributed by atoms with Gasteiger partial charge >= 0.3 is 0 Å². The maximum Gasteiger partial charge on any atom is 0.253 e. The van der Waals surface area contributed by atoms with Crippen LogP contribution in [-0.4, -0.2) is 73.1 Å². The summed E-state index contributed by atoms with van der Waals surface area (Å²) in [6.07, 6.45) is 4.85. The average molecular weight is 454 g/mol. The van der Waals surface area contributed by atoms with Crippen LogP contribution in [0, 0.1) is 11.8 Å². The second kappa shape index (κ2) is 8.96. The molecule has 1 aromatic rings. The van der Waals surface area contributed by atoms with E-state index in [-0.39, 0.29) is 17.7 Å². The Balaban J connectivity index is 1.36. The van der Waals surface area contributed by atoms with E-state index in [0.717, 1.165) is 19.5 Å². The number of nitrogens with zero attached hydrogens (tertiary/aromatic N) is 3. The van der Waals surface area contributed by atoms with E-state index in [4.69, 9.17) is 0 Å². The van der Waals surface area contributed by atoms with Crippen LogP contribution < -0.4 is 0 Å². The maximum absolute atomic E-state index is 13.2. The summed E-state index contributed by atoms with van der Waals surface area (Å²) in [5.74, 6) is 0.665. The van der Waals surface area contributed by atoms with E-state index in [0.29, 0.717) is 55.4 Å². The summed E-state index contributed by atoms with van der Waals surface area (Å²) >= 11 is 1.19. The molecule has 9 heteroatoms. The monoisotopic (exact) mass is 453 g/mol. The van der Waals surface area contributed by atoms with Crippen molar-refractivity contribution < 1.29 is 18.0 Å². The Bertz CT molecular complexity index is 863. The highest BCUT2D eigenvalue weighted by Gasteiger charge is 2.42. The molecule has 0 radical (unpaired) electrons. The van der Waals surface area contributed by atoms with Crippen LogP contribution in [-0.2, 0) is 19.6 Å². The van der Waals surface area contributed by atoms with Crippen molar-refractivity contribution in [2.45, 2.75) is 55.7 Å². The fourth-order valence-electron chi connectivity index (χ4n) is 5.01. The molecule has 2 unspecified atom stereocenters. The van der Waals surface area contributed by atoms with Crippen LogP contribution in [0.3, 0.4) is 0 Å². The second-order valence-electron chi connectivity index (χ2n) is 8.84. The molecule has 7 nitrogen and oxygen atoms in total. The summed E-state index contributed by atoms with van der Waals surface area (Å²) in [6, 6.07) is 2.69. The zero-order chi connectivity index (χ0) is 21.3. The van der Waals surface area contributed by atoms with E-state index in [1.165, 1.54) is 22.1 Å². The van der Waals surface area contributed by atoms with Crippen molar-refractivity contribution in [3.05, 3.63) is 17.5 Å². The van der Waals surface area contributed by atoms with Gasteiger partial charge in [-0.15, -0.1) is 11.3 Å². The van der Waals surface area contributed by atoms with Gasteiger partial charge in [0.15, 0.2) is 0 Å². The molecule has 4 rings (SSSR count). The van der Waals surface area contributed by atoms with E-state index in [1.54, 1.807) is 22.4 Å². The zero-order valence-electron chi connectivity index (χ0n) is 17.5. The molecule has 3 aliphatic rings. The van der Waals surface area contributed by atoms with E-state index in [2.05, 4.69) is 6.92 Å². The van der Waals surface area contributed by atoms with Crippen LogP contribution in [0.15, 0.2) is 21.7 Å². The van der Waals surface area contributed by atoms with Crippen molar-refractivity contribution >= 4 is 33.2 Å². The number of thiophene rings is 1. The van der Waals surface area contributed by atoms with Gasteiger partial charge in [0.1, 0.15) is 10.3 Å². The van der Waals surface area contributed by atoms with Gasteiger partial charge in [0.2, 0.25) is 11.8 Å². The Morgan fingerprint density at radius 3 is 2.37 bits per heavy atom. The first-order chi connectivity index (χ1) is 14.4. The summed E-state index contributed by atoms with van der Waals surface area (Å²) in [5, 5.41) is 1.74. The van der Waals surface area contributed by atoms with E-state index in [9.17, 15) is 18.0 Å². The first-order valence-electron chi connectivity index (χ1n) is 11.0. The second-order valence-corrected chi connectivity index (χ2v) is 11.9. The van der Waals surface area contributed by atoms with E-state index < -0.39 is 16.1 Å². The molecule has 166 valence electrons. The van der Waals surface area contributed by atoms with Crippen molar-refractivity contribution in [3.8, 4) is 0 Å². The molecule has 0 saturated carbocycles. The minimum Gasteiger partial charge on any atom is -0.342 e. The van der Waals surface area contributed by atoms with Crippen LogP contribution >= 0.6 is 11.3 Å². The molecule has 4 heterocycles. The molecular weight excluding hydrogens is 422 g/mol. The summed E-state index contributed by atoms with van der Waals surface area (Å²) in [4.78, 5) is 29.8. The predicted molar refractivity (Wildman–Crippen MR) is 116 cm³/mol. The molecule has 0 spiro atoms. The lowest BCUT2D eigenvalue weighted by Gasteiger charge is -2.38. The topological polar surface area (TPSA) is 78.0 Å². The highest BCUT2D eigenvalue weighted by Crippen LogP contribution is 2.31. The minimum absolute atomic E-state index is 0.0196. The van der Waals surface area contributed by atoms with Crippen molar-refractivity contribution in [3.63, 3.8) is 0 Å². The lowest BCUT2D eigenvalue weighted by molar-refractivity contribution is -0.143. The fraction of sp³-hybridized carbons (Fsp3) is 0.714. The van der Waals surface area contributed by atoms with Gasteiger partial charge in [-0.2, -0.15) is 4.31 Å². The number of piperidine rings is 2. The first-order valence-corrected chi connectivity index (χ1v) is 13.3. The zero-order valence-corrected chi connectivity index (χ0v) is 19.2. The normalized spacial score (nSPS) is 26.8. The third kappa shape index (κ3) is 4.29. The SMILES string of the molecule is CC1CCCN(C(=O)C2CCN(C(=O)C3CCCN3S(=O)(=O)c3cccs3)CC2)C1. The van der Waals surface area contributed by atoms with E-state index in [1.807, 2.05) is 4.90 Å². The Kier molecular flexibility index (Phi) is 6.50. The van der Waals surface area contributed by atoms with Gasteiger partial charge in [-0.25, -0.2) is 8.42 Å². The summed E-state index contributed by atoms with van der Waals surface area (Å²) in [7, 11) is -3.63. The van der Waals surface area contributed by atoms with Gasteiger partial charge in [0, 0.05) is 38.6 Å². The van der Waals surface area contributed by atoms with Gasteiger partial charge in [0.25, 0.3) is 10.0 Å². The third-order valence-corrected chi connectivity index (χ3v) is 9.95. The van der Waals surface area contributed by atoms with Crippen LogP contribution in [0.1, 0.15) is 45.4 Å². The van der Waals surface area contributed by atoms with Gasteiger partial charge < -0.3 is 9.80 Å². The number of likely N-dealkylation sites (tertiary alicyclic amines) is 2. The Morgan fingerprint density at radius 2 is 1.70 bits per heavy atom. The highest BCUT2D eigenvalue weighted by molar-refractivity contribution is 7.91. The number of sulfonamides is 1. The molecule has 0 aliphatic carbocycles. The molecule has 3 fully saturated rings. The number of carbonyl (C=O) groups excluding carboxylic acids is 2. The van der Waals surface area contributed by atoms with Crippen LogP contribution in [0.2, 0.25) is 0 Å². The largest absolute Gasteiger partial charge is 0.342 e. The van der Waals surface area contributed by atoms with Crippen LogP contribution in [0.5, 0.6) is 0 Å². The lowest BCUT2D eigenvalue weighted by Crippen LogP contribution is -2.51. The molecule has 0 aromatic carbocycles. The van der Waals surface area contributed by atoms with Gasteiger partial charge in [-0.05, 0) is 55.9 Å². The highest BCUT2D eigenvalue weighted by atomic mass is 32.2. The molecule has 30 heavy (non-hydrogen) atoms. The summed E-state index contributed by atoms with van der Waals surface area (Å²) in [6.45, 7) is 5.33. The molecule has 0 N–H and O–H groups in total. The molecular formula is C21H31N3O4S2. The number of rotatable bonds is 4. The standard InChI is InChI=1S/C21H31N3O4S2/c1-16-5-2-10-23(15-16)20(25)17-8-12-22(13-9-17)21(26)18-6-3-11-24(18)30(27,28)19-7-4-14-29-19/h4,7,14,16-18H,2-3,5-6,8-13,15H2,1H3. The first kappa shape index (κ1) is 21.8. The van der Waals surface area contributed by atoms with Crippen molar-refractivity contribution in [1.82, 2.24) is 14.1 Å². The number of hydrogen-bond acceptors (Lipinski definition) is 5. The summed E-state index contributed by atoms with van der Waals surface area (Å²) in [5.41, 5.74) is 0. The quantitative estimate of drug-likeness (QED) is 0.701. The molecule has 3 aliphatic heterocycles. The predicted octanol–water partition coefficient (Wildman–Crippen LogP) is 2.40. The maximum atomic E-state index is 13.2. The van der Waals surface area contributed by atoms with Crippen molar-refractivity contribution in [2.75, 3.05) is 32.7 Å². The molecule has 0 bridgehead atoms. The average Bonchev–Trinajstić information content (AvgIpc) is 3.45. The molecule has 2 amide bonds. The number of hydrogen-bond donors (Lipinski definition) is 0. The van der Waals surface area contributed by atoms with Crippen molar-refractivity contribution in [1.29, 1.82) is 0 Å². The smallest absolute Gasteiger partial charge is 0.253 e. The third-order valence-electron chi connectivity index (χ3n) is 6.67. The molecule has 3 saturated heterocycles. The molecule has 1 aromatic heterocycles. The Hall–Kier alpha value is -1.45. The van der Waals surface area contributed by atoms with Crippen LogP contribution in [0.4, 0.5) is 0 Å².